The molecule has 0 radical (unpaired) electrons. The second-order valence-corrected chi connectivity index (χ2v) is 20.2. The van der Waals surface area contributed by atoms with Gasteiger partial charge in [0.25, 0.3) is 0 Å². The minimum atomic E-state index is -0.492. The molecule has 6 heavy (non-hydrogen) atoms. The van der Waals surface area contributed by atoms with Gasteiger partial charge in [0, 0.05) is 0 Å². The van der Waals surface area contributed by atoms with E-state index in [4.69, 9.17) is 0 Å². The molecule has 0 N–H and O–H groups in total. The Morgan fingerprint density at radius 2 is 1.33 bits per heavy atom. The Kier molecular flexibility index (Phi) is 3.46. The summed E-state index contributed by atoms with van der Waals surface area (Å²) in [6.07, 6.45) is 0. The zero-order valence-electron chi connectivity index (χ0n) is 4.85. The van der Waals surface area contributed by atoms with Crippen molar-refractivity contribution in [3.63, 3.8) is 0 Å². The first kappa shape index (κ1) is 7.54. The molecule has 2 heteroatoms. The van der Waals surface area contributed by atoms with Gasteiger partial charge in [-0.05, 0) is 0 Å². The van der Waals surface area contributed by atoms with Crippen molar-refractivity contribution >= 4 is 2.82 Å². The van der Waals surface area contributed by atoms with Crippen molar-refractivity contribution < 1.29 is 34.8 Å². The Hall–Kier alpha value is 1.54. The average Bonchev–Trinajstić information content (AvgIpc) is 1.35. The summed E-state index contributed by atoms with van der Waals surface area (Å²) in [7, 11) is 0. The van der Waals surface area contributed by atoms with Crippen LogP contribution in [0.15, 0.2) is 0 Å². The van der Waals surface area contributed by atoms with Gasteiger partial charge < -0.3 is 0 Å². The SMILES string of the molecule is [CH3][Gd][Si](C)(C)C. The topological polar surface area (TPSA) is 0 Å². The molecule has 40 valence electrons. The molecule has 0 aromatic carbocycles. The van der Waals surface area contributed by atoms with Gasteiger partial charge in [0.15, 0.2) is 0 Å². The molecule has 0 heterocycles. The Morgan fingerprint density at radius 3 is 1.33 bits per heavy atom. The molecule has 0 fully saturated rings. The van der Waals surface area contributed by atoms with Crippen molar-refractivity contribution in [2.75, 3.05) is 0 Å². The second kappa shape index (κ2) is 2.75. The molecule has 0 aliphatic carbocycles. The summed E-state index contributed by atoms with van der Waals surface area (Å²) in [6.45, 7) is 7.33. The summed E-state index contributed by atoms with van der Waals surface area (Å²) in [5, 5.41) is 0. The van der Waals surface area contributed by atoms with E-state index in [2.05, 4.69) is 22.3 Å². The maximum absolute atomic E-state index is 2.44. The van der Waals surface area contributed by atoms with Crippen LogP contribution in [0.4, 0.5) is 0 Å². The Balaban J connectivity index is 3.17. The third-order valence-electron chi connectivity index (χ3n) is 0.530. The summed E-state index contributed by atoms with van der Waals surface area (Å²) in [4.78, 5) is 0. The van der Waals surface area contributed by atoms with Crippen LogP contribution in [0.3, 0.4) is 0 Å². The van der Waals surface area contributed by atoms with E-state index in [-0.39, 0.29) is 0 Å². The molecule has 0 rings (SSSR count). The van der Waals surface area contributed by atoms with Crippen LogP contribution < -0.4 is 0 Å². The standard InChI is InChI=1S/C3H9Si.CH3.Gd/c1-4(2)3;;/h1-3H3;1H3;. The van der Waals surface area contributed by atoms with Crippen LogP contribution in [0.2, 0.25) is 22.3 Å². The Bertz CT molecular complexity index is 37.3. The molecule has 0 bridgehead atoms. The summed E-state index contributed by atoms with van der Waals surface area (Å²) in [6, 6.07) is 0. The van der Waals surface area contributed by atoms with Crippen LogP contribution in [-0.2, 0) is 0 Å². The van der Waals surface area contributed by atoms with Crippen molar-refractivity contribution in [3.8, 4) is 0 Å². The average molecular weight is 245 g/mol. The fourth-order valence-electron chi connectivity index (χ4n) is 0. The molecule has 0 aliphatic heterocycles. The summed E-state index contributed by atoms with van der Waals surface area (Å²) < 4.78 is 1.92. The Morgan fingerprint density at radius 1 is 1.17 bits per heavy atom. The summed E-state index contributed by atoms with van der Waals surface area (Å²) in [5.41, 5.74) is 0. The molecular formula is C4H12GdSi. The molecule has 0 spiro atoms. The van der Waals surface area contributed by atoms with Gasteiger partial charge in [-0.3, -0.25) is 0 Å². The predicted octanol–water partition coefficient (Wildman–Crippen LogP) is 1.95. The molecule has 0 amide bonds. The molecule has 0 saturated heterocycles. The fourth-order valence-corrected chi connectivity index (χ4v) is 0. The molecule has 0 atom stereocenters. The van der Waals surface area contributed by atoms with Gasteiger partial charge in [-0.1, -0.05) is 0 Å². The van der Waals surface area contributed by atoms with Crippen molar-refractivity contribution in [1.82, 2.24) is 0 Å². The van der Waals surface area contributed by atoms with Crippen LogP contribution >= 0.6 is 0 Å². The van der Waals surface area contributed by atoms with E-state index in [9.17, 15) is 0 Å². The number of rotatable bonds is 1. The van der Waals surface area contributed by atoms with E-state index >= 15 is 0 Å². The molecule has 0 aromatic heterocycles. The van der Waals surface area contributed by atoms with Crippen LogP contribution in [0, 0.1) is 34.8 Å². The van der Waals surface area contributed by atoms with E-state index in [1.54, 1.807) is 0 Å². The van der Waals surface area contributed by atoms with Crippen molar-refractivity contribution in [2.45, 2.75) is 22.3 Å². The number of hydrogen-bond donors (Lipinski definition) is 0. The van der Waals surface area contributed by atoms with Gasteiger partial charge in [-0.2, -0.15) is 0 Å². The fraction of sp³-hybridized carbons (Fsp3) is 1.00. The van der Waals surface area contributed by atoms with E-state index in [0.29, 0.717) is 34.8 Å². The van der Waals surface area contributed by atoms with Crippen molar-refractivity contribution in [2.24, 2.45) is 0 Å². The van der Waals surface area contributed by atoms with Gasteiger partial charge in [-0.25, -0.2) is 0 Å². The van der Waals surface area contributed by atoms with E-state index in [1.807, 2.05) is 0 Å². The van der Waals surface area contributed by atoms with Crippen LogP contribution in [0.1, 0.15) is 0 Å². The van der Waals surface area contributed by atoms with E-state index in [0.717, 1.165) is 0 Å². The van der Waals surface area contributed by atoms with E-state index < -0.39 is 2.82 Å². The Labute approximate surface area is 59.1 Å². The minimum absolute atomic E-state index is 0.391. The normalized spacial score (nSPS) is 12.7. The molecule has 0 saturated carbocycles. The molecule has 0 aromatic rings. The molecular weight excluding hydrogens is 233 g/mol. The van der Waals surface area contributed by atoms with Crippen LogP contribution in [0.25, 0.3) is 0 Å². The third-order valence-corrected chi connectivity index (χ3v) is 11.8. The number of hydrogen-bond acceptors (Lipinski definition) is 0. The monoisotopic (exact) mass is 246 g/mol. The first-order chi connectivity index (χ1) is 2.56. The van der Waals surface area contributed by atoms with Crippen molar-refractivity contribution in [3.05, 3.63) is 0 Å². The summed E-state index contributed by atoms with van der Waals surface area (Å²) in [5.74, 6) is 0. The van der Waals surface area contributed by atoms with E-state index in [1.165, 1.54) is 0 Å². The first-order valence-corrected chi connectivity index (χ1v) is 11.1. The summed E-state index contributed by atoms with van der Waals surface area (Å²) >= 11 is 0.391. The van der Waals surface area contributed by atoms with Gasteiger partial charge in [0.2, 0.25) is 0 Å². The molecule has 0 nitrogen and oxygen atoms in total. The van der Waals surface area contributed by atoms with Gasteiger partial charge in [0.05, 0.1) is 0 Å². The van der Waals surface area contributed by atoms with Gasteiger partial charge >= 0.3 is 60.0 Å². The first-order valence-electron chi connectivity index (χ1n) is 2.03. The molecule has 0 unspecified atom stereocenters. The maximum atomic E-state index is 2.44. The van der Waals surface area contributed by atoms with Crippen molar-refractivity contribution in [1.29, 1.82) is 0 Å². The van der Waals surface area contributed by atoms with Crippen LogP contribution in [-0.4, -0.2) is 2.82 Å². The predicted molar refractivity (Wildman–Crippen MR) is 29.2 cm³/mol. The second-order valence-electron chi connectivity index (χ2n) is 2.21. The van der Waals surface area contributed by atoms with Crippen LogP contribution in [0.5, 0.6) is 0 Å². The zero-order valence-corrected chi connectivity index (χ0v) is 8.12. The zero-order chi connectivity index (χ0) is 5.21. The molecule has 0 aliphatic rings. The van der Waals surface area contributed by atoms with Gasteiger partial charge in [-0.15, -0.1) is 0 Å². The quantitative estimate of drug-likeness (QED) is 0.620. The third kappa shape index (κ3) is 5.54. The van der Waals surface area contributed by atoms with Gasteiger partial charge in [0.1, 0.15) is 0 Å².